The van der Waals surface area contributed by atoms with Crippen LogP contribution < -0.4 is 5.32 Å². The lowest BCUT2D eigenvalue weighted by Crippen LogP contribution is -2.38. The Balaban J connectivity index is 1.50. The number of sulfonamides is 1. The van der Waals surface area contributed by atoms with Gasteiger partial charge in [-0.3, -0.25) is 4.79 Å². The zero-order valence-electron chi connectivity index (χ0n) is 18.4. The Hall–Kier alpha value is -3.26. The number of allylic oxidation sites excluding steroid dienone is 1. The first-order chi connectivity index (χ1) is 16.0. The average molecular weight is 465 g/mol. The molecule has 2 aromatic rings. The molecule has 0 spiro atoms. The molecule has 0 atom stereocenters. The minimum atomic E-state index is -3.78. The molecule has 1 saturated carbocycles. The maximum Gasteiger partial charge on any atom is 0.285 e. The van der Waals surface area contributed by atoms with Gasteiger partial charge in [0.25, 0.3) is 10.0 Å². The molecule has 2 aliphatic rings. The highest BCUT2D eigenvalue weighted by Gasteiger charge is 2.31. The van der Waals surface area contributed by atoms with Crippen LogP contribution >= 0.6 is 0 Å². The van der Waals surface area contributed by atoms with Crippen LogP contribution in [0, 0.1) is 0 Å². The molecule has 0 bridgehead atoms. The van der Waals surface area contributed by atoms with Crippen LogP contribution in [0.5, 0.6) is 0 Å². The van der Waals surface area contributed by atoms with Gasteiger partial charge in [0, 0.05) is 24.2 Å². The molecule has 2 aromatic carbocycles. The maximum absolute atomic E-state index is 12.6. The molecule has 1 heterocycles. The van der Waals surface area contributed by atoms with Crippen LogP contribution in [0.25, 0.3) is 6.08 Å². The topological polar surface area (TPSA) is 91.2 Å². The number of fused-ring (bicyclic) bond motifs is 1. The zero-order chi connectivity index (χ0) is 23.1. The van der Waals surface area contributed by atoms with Gasteiger partial charge in [-0.25, -0.2) is 5.01 Å². The normalized spacial score (nSPS) is 17.8. The summed E-state index contributed by atoms with van der Waals surface area (Å²) in [7, 11) is -3.78. The standard InChI is InChI=1S/C25H28N4O3S/c30-24(27-21-13-5-2-6-14-21)17-19-29(26-18-9-12-20-10-3-1-4-11-20)25-22-15-7-8-16-23(22)33(31,32)28-25/h1,3-4,7-12,15-16,18,21H,2,5-6,13-14,17,19H2,(H,27,30)/b12-9+,26-18+. The highest BCUT2D eigenvalue weighted by molar-refractivity contribution is 7.90. The number of nitrogens with zero attached hydrogens (tertiary/aromatic N) is 3. The van der Waals surface area contributed by atoms with Crippen molar-refractivity contribution in [3.63, 3.8) is 0 Å². The Morgan fingerprint density at radius 2 is 1.79 bits per heavy atom. The van der Waals surface area contributed by atoms with Gasteiger partial charge in [-0.05, 0) is 36.6 Å². The SMILES string of the molecule is O=C(CCN(/N=C/C=C/c1ccccc1)C1=NS(=O)(=O)c2ccccc21)NC1CCCCC1. The molecule has 172 valence electrons. The summed E-state index contributed by atoms with van der Waals surface area (Å²) < 4.78 is 29.0. The average Bonchev–Trinajstić information content (AvgIpc) is 3.11. The van der Waals surface area contributed by atoms with Crippen LogP contribution in [0.15, 0.2) is 75.1 Å². The minimum Gasteiger partial charge on any atom is -0.353 e. The predicted octanol–water partition coefficient (Wildman–Crippen LogP) is 3.98. The molecule has 0 aromatic heterocycles. The fourth-order valence-corrected chi connectivity index (χ4v) is 5.29. The highest BCUT2D eigenvalue weighted by atomic mass is 32.2. The summed E-state index contributed by atoms with van der Waals surface area (Å²) in [6.45, 7) is 0.219. The number of hydrazone groups is 1. The first-order valence-electron chi connectivity index (χ1n) is 11.3. The fraction of sp³-hybridized carbons (Fsp3) is 0.320. The third kappa shape index (κ3) is 5.96. The van der Waals surface area contributed by atoms with Crippen molar-refractivity contribution in [3.05, 3.63) is 71.8 Å². The van der Waals surface area contributed by atoms with E-state index in [1.807, 2.05) is 36.4 Å². The lowest BCUT2D eigenvalue weighted by Gasteiger charge is -2.23. The van der Waals surface area contributed by atoms with Gasteiger partial charge in [0.15, 0.2) is 5.84 Å². The summed E-state index contributed by atoms with van der Waals surface area (Å²) >= 11 is 0. The van der Waals surface area contributed by atoms with Gasteiger partial charge in [-0.2, -0.15) is 13.5 Å². The second-order valence-corrected chi connectivity index (χ2v) is 9.77. The number of amides is 1. The maximum atomic E-state index is 12.6. The van der Waals surface area contributed by atoms with Crippen LogP contribution in [0.1, 0.15) is 49.7 Å². The van der Waals surface area contributed by atoms with Crippen LogP contribution in [0.3, 0.4) is 0 Å². The first-order valence-corrected chi connectivity index (χ1v) is 12.7. The summed E-state index contributed by atoms with van der Waals surface area (Å²) in [5.74, 6) is 0.178. The Morgan fingerprint density at radius 3 is 2.58 bits per heavy atom. The van der Waals surface area contributed by atoms with Crippen molar-refractivity contribution in [1.82, 2.24) is 10.3 Å². The molecule has 0 unspecified atom stereocenters. The molecule has 4 rings (SSSR count). The Morgan fingerprint density at radius 1 is 1.06 bits per heavy atom. The number of rotatable bonds is 7. The van der Waals surface area contributed by atoms with E-state index in [1.165, 1.54) is 17.5 Å². The van der Waals surface area contributed by atoms with E-state index in [0.717, 1.165) is 31.2 Å². The van der Waals surface area contributed by atoms with Crippen molar-refractivity contribution < 1.29 is 13.2 Å². The van der Waals surface area contributed by atoms with Gasteiger partial charge in [-0.15, -0.1) is 4.40 Å². The Bertz CT molecular complexity index is 1170. The van der Waals surface area contributed by atoms with Gasteiger partial charge in [0.2, 0.25) is 5.91 Å². The molecular formula is C25H28N4O3S. The molecule has 1 N–H and O–H groups in total. The van der Waals surface area contributed by atoms with E-state index in [4.69, 9.17) is 0 Å². The van der Waals surface area contributed by atoms with Crippen LogP contribution in [-0.2, 0) is 14.8 Å². The number of hydrogen-bond donors (Lipinski definition) is 1. The lowest BCUT2D eigenvalue weighted by atomic mass is 9.95. The number of nitrogens with one attached hydrogen (secondary N) is 1. The fourth-order valence-electron chi connectivity index (χ4n) is 4.08. The van der Waals surface area contributed by atoms with E-state index in [-0.39, 0.29) is 35.6 Å². The highest BCUT2D eigenvalue weighted by Crippen LogP contribution is 2.27. The molecule has 1 amide bonds. The summed E-state index contributed by atoms with van der Waals surface area (Å²) in [6.07, 6.45) is 11.0. The Labute approximate surface area is 195 Å². The van der Waals surface area contributed by atoms with Crippen molar-refractivity contribution >= 4 is 34.1 Å². The summed E-state index contributed by atoms with van der Waals surface area (Å²) in [5.41, 5.74) is 1.52. The van der Waals surface area contributed by atoms with Gasteiger partial charge in [0.05, 0.1) is 6.54 Å². The second kappa shape index (κ2) is 10.6. The lowest BCUT2D eigenvalue weighted by molar-refractivity contribution is -0.122. The Kier molecular flexibility index (Phi) is 7.34. The van der Waals surface area contributed by atoms with Crippen LogP contribution in [-0.4, -0.2) is 44.0 Å². The van der Waals surface area contributed by atoms with E-state index >= 15 is 0 Å². The van der Waals surface area contributed by atoms with Crippen molar-refractivity contribution in [2.45, 2.75) is 49.5 Å². The van der Waals surface area contributed by atoms with Crippen molar-refractivity contribution in [2.24, 2.45) is 9.50 Å². The molecule has 0 saturated heterocycles. The van der Waals surface area contributed by atoms with Gasteiger partial charge >= 0.3 is 0 Å². The minimum absolute atomic E-state index is 0.0586. The number of hydrogen-bond acceptors (Lipinski definition) is 5. The largest absolute Gasteiger partial charge is 0.353 e. The summed E-state index contributed by atoms with van der Waals surface area (Å²) in [6, 6.07) is 16.7. The number of carbonyl (C=O) groups is 1. The third-order valence-electron chi connectivity index (χ3n) is 5.76. The van der Waals surface area contributed by atoms with E-state index in [1.54, 1.807) is 30.5 Å². The first kappa shape index (κ1) is 22.9. The van der Waals surface area contributed by atoms with Gasteiger partial charge in [0.1, 0.15) is 4.90 Å². The van der Waals surface area contributed by atoms with Gasteiger partial charge < -0.3 is 5.32 Å². The van der Waals surface area contributed by atoms with Crippen molar-refractivity contribution in [3.8, 4) is 0 Å². The molecule has 0 radical (unpaired) electrons. The smallest absolute Gasteiger partial charge is 0.285 e. The van der Waals surface area contributed by atoms with Crippen LogP contribution in [0.2, 0.25) is 0 Å². The quantitative estimate of drug-likeness (QED) is 0.496. The molecule has 1 aliphatic heterocycles. The second-order valence-electron chi connectivity index (χ2n) is 8.20. The number of carbonyl (C=O) groups excluding carboxylic acids is 1. The zero-order valence-corrected chi connectivity index (χ0v) is 19.2. The van der Waals surface area contributed by atoms with Crippen molar-refractivity contribution in [1.29, 1.82) is 0 Å². The number of benzene rings is 2. The van der Waals surface area contributed by atoms with E-state index in [0.29, 0.717) is 5.56 Å². The van der Waals surface area contributed by atoms with E-state index in [2.05, 4.69) is 14.8 Å². The molecule has 7 nitrogen and oxygen atoms in total. The van der Waals surface area contributed by atoms with Gasteiger partial charge in [-0.1, -0.05) is 67.8 Å². The molecular weight excluding hydrogens is 436 g/mol. The van der Waals surface area contributed by atoms with E-state index in [9.17, 15) is 13.2 Å². The van der Waals surface area contributed by atoms with Crippen LogP contribution in [0.4, 0.5) is 0 Å². The molecule has 33 heavy (non-hydrogen) atoms. The third-order valence-corrected chi connectivity index (χ3v) is 7.08. The number of amidine groups is 1. The summed E-state index contributed by atoms with van der Waals surface area (Å²) in [5, 5.41) is 9.05. The summed E-state index contributed by atoms with van der Waals surface area (Å²) in [4.78, 5) is 12.7. The predicted molar refractivity (Wildman–Crippen MR) is 130 cm³/mol. The molecule has 8 heteroatoms. The molecule has 1 aliphatic carbocycles. The monoisotopic (exact) mass is 464 g/mol. The van der Waals surface area contributed by atoms with Crippen molar-refractivity contribution in [2.75, 3.05) is 6.54 Å². The molecule has 1 fully saturated rings. The van der Waals surface area contributed by atoms with E-state index < -0.39 is 10.0 Å².